The summed E-state index contributed by atoms with van der Waals surface area (Å²) >= 11 is 12.6. The minimum Gasteiger partial charge on any atom is -0.494 e. The average molecular weight is 276 g/mol. The van der Waals surface area contributed by atoms with Gasteiger partial charge < -0.3 is 5.11 Å². The predicted molar refractivity (Wildman–Crippen MR) is 65.8 cm³/mol. The van der Waals surface area contributed by atoms with Crippen LogP contribution in [-0.4, -0.2) is 9.67 Å². The van der Waals surface area contributed by atoms with Gasteiger partial charge in [-0.05, 0) is 17.7 Å². The fraction of sp³-hybridized carbons (Fsp3) is 0.100. The fourth-order valence-electron chi connectivity index (χ4n) is 1.29. The molecule has 0 amide bonds. The van der Waals surface area contributed by atoms with E-state index in [-0.39, 0.29) is 17.3 Å². The maximum atomic E-state index is 11.4. The first kappa shape index (κ1) is 11.5. The molecular weight excluding hydrogens is 269 g/mol. The maximum Gasteiger partial charge on any atom is 0.310 e. The van der Waals surface area contributed by atoms with Gasteiger partial charge in [-0.25, -0.2) is 0 Å². The SMILES string of the molecule is O=c1scc(O)n1Cc1ccc(Cl)c(Cl)c1. The molecule has 0 saturated heterocycles. The van der Waals surface area contributed by atoms with Crippen LogP contribution in [0, 0.1) is 0 Å². The van der Waals surface area contributed by atoms with Crippen LogP contribution in [0.4, 0.5) is 0 Å². The Balaban J connectivity index is 2.34. The molecule has 0 saturated carbocycles. The molecule has 3 nitrogen and oxygen atoms in total. The molecule has 0 radical (unpaired) electrons. The highest BCUT2D eigenvalue weighted by atomic mass is 35.5. The van der Waals surface area contributed by atoms with E-state index < -0.39 is 0 Å². The number of nitrogens with zero attached hydrogens (tertiary/aromatic N) is 1. The van der Waals surface area contributed by atoms with Crippen LogP contribution in [0.15, 0.2) is 28.4 Å². The van der Waals surface area contributed by atoms with Crippen LogP contribution in [-0.2, 0) is 6.54 Å². The number of hydrogen-bond acceptors (Lipinski definition) is 3. The second-order valence-corrected chi connectivity index (χ2v) is 4.83. The molecule has 0 aliphatic rings. The van der Waals surface area contributed by atoms with Crippen LogP contribution in [0.25, 0.3) is 0 Å². The molecule has 84 valence electrons. The summed E-state index contributed by atoms with van der Waals surface area (Å²) in [5, 5.41) is 11.7. The van der Waals surface area contributed by atoms with Crippen LogP contribution in [0.5, 0.6) is 5.88 Å². The third-order valence-corrected chi connectivity index (χ3v) is 3.58. The highest BCUT2D eigenvalue weighted by Crippen LogP contribution is 2.23. The van der Waals surface area contributed by atoms with Crippen molar-refractivity contribution in [2.45, 2.75) is 6.54 Å². The summed E-state index contributed by atoms with van der Waals surface area (Å²) in [4.78, 5) is 11.2. The number of hydrogen-bond donors (Lipinski definition) is 1. The minimum absolute atomic E-state index is 0.0407. The van der Waals surface area contributed by atoms with Crippen molar-refractivity contribution in [3.05, 3.63) is 48.9 Å². The molecule has 0 aliphatic heterocycles. The Morgan fingerprint density at radius 3 is 2.62 bits per heavy atom. The third kappa shape index (κ3) is 2.24. The summed E-state index contributed by atoms with van der Waals surface area (Å²) < 4.78 is 1.27. The lowest BCUT2D eigenvalue weighted by atomic mass is 10.2. The second kappa shape index (κ2) is 4.49. The zero-order valence-electron chi connectivity index (χ0n) is 7.98. The van der Waals surface area contributed by atoms with Gasteiger partial charge in [-0.15, -0.1) is 0 Å². The van der Waals surface area contributed by atoms with Gasteiger partial charge in [0.1, 0.15) is 0 Å². The Hall–Kier alpha value is -0.970. The van der Waals surface area contributed by atoms with Crippen molar-refractivity contribution in [2.75, 3.05) is 0 Å². The zero-order chi connectivity index (χ0) is 11.7. The highest BCUT2D eigenvalue weighted by Gasteiger charge is 2.06. The summed E-state index contributed by atoms with van der Waals surface area (Å²) in [7, 11) is 0. The molecule has 0 atom stereocenters. The average Bonchev–Trinajstić information content (AvgIpc) is 2.55. The third-order valence-electron chi connectivity index (χ3n) is 2.09. The number of thiazole rings is 1. The van der Waals surface area contributed by atoms with Gasteiger partial charge in [-0.1, -0.05) is 40.6 Å². The molecule has 6 heteroatoms. The number of halogens is 2. The number of aromatic nitrogens is 1. The van der Waals surface area contributed by atoms with E-state index >= 15 is 0 Å². The van der Waals surface area contributed by atoms with Crippen LogP contribution in [0.2, 0.25) is 10.0 Å². The van der Waals surface area contributed by atoms with Gasteiger partial charge in [0.2, 0.25) is 5.88 Å². The molecule has 1 N–H and O–H groups in total. The van der Waals surface area contributed by atoms with Crippen LogP contribution < -0.4 is 4.87 Å². The van der Waals surface area contributed by atoms with Gasteiger partial charge in [0.25, 0.3) is 0 Å². The first-order valence-corrected chi connectivity index (χ1v) is 6.02. The molecule has 0 aliphatic carbocycles. The number of aromatic hydroxyl groups is 1. The second-order valence-electron chi connectivity index (χ2n) is 3.19. The van der Waals surface area contributed by atoms with E-state index in [1.807, 2.05) is 0 Å². The van der Waals surface area contributed by atoms with Crippen LogP contribution in [0.3, 0.4) is 0 Å². The summed E-state index contributed by atoms with van der Waals surface area (Å²) in [6.45, 7) is 0.283. The van der Waals surface area contributed by atoms with E-state index in [0.717, 1.165) is 16.9 Å². The molecule has 0 bridgehead atoms. The van der Waals surface area contributed by atoms with Gasteiger partial charge in [-0.2, -0.15) is 0 Å². The molecule has 1 aromatic heterocycles. The molecule has 2 aromatic rings. The van der Waals surface area contributed by atoms with E-state index in [2.05, 4.69) is 0 Å². The topological polar surface area (TPSA) is 42.2 Å². The van der Waals surface area contributed by atoms with Crippen molar-refractivity contribution in [2.24, 2.45) is 0 Å². The summed E-state index contributed by atoms with van der Waals surface area (Å²) in [6, 6.07) is 5.10. The van der Waals surface area contributed by atoms with E-state index in [4.69, 9.17) is 23.2 Å². The van der Waals surface area contributed by atoms with Crippen molar-refractivity contribution >= 4 is 34.5 Å². The fourth-order valence-corrected chi connectivity index (χ4v) is 2.23. The highest BCUT2D eigenvalue weighted by molar-refractivity contribution is 7.07. The largest absolute Gasteiger partial charge is 0.494 e. The van der Waals surface area contributed by atoms with Crippen LogP contribution >= 0.6 is 34.5 Å². The number of benzene rings is 1. The Morgan fingerprint density at radius 2 is 2.06 bits per heavy atom. The lowest BCUT2D eigenvalue weighted by Crippen LogP contribution is -2.13. The molecule has 16 heavy (non-hydrogen) atoms. The molecule has 1 heterocycles. The van der Waals surface area contributed by atoms with Crippen LogP contribution in [0.1, 0.15) is 5.56 Å². The molecule has 0 unspecified atom stereocenters. The van der Waals surface area contributed by atoms with E-state index in [1.54, 1.807) is 18.2 Å². The van der Waals surface area contributed by atoms with Gasteiger partial charge in [0.05, 0.1) is 22.0 Å². The van der Waals surface area contributed by atoms with E-state index in [0.29, 0.717) is 10.0 Å². The zero-order valence-corrected chi connectivity index (χ0v) is 10.3. The lowest BCUT2D eigenvalue weighted by molar-refractivity contribution is 0.421. The molecule has 0 spiro atoms. The monoisotopic (exact) mass is 275 g/mol. The smallest absolute Gasteiger partial charge is 0.310 e. The van der Waals surface area contributed by atoms with Gasteiger partial charge in [-0.3, -0.25) is 9.36 Å². The standard InChI is InChI=1S/C10H7Cl2NO2S/c11-7-2-1-6(3-8(7)12)4-13-9(14)5-16-10(13)15/h1-3,5,14H,4H2. The van der Waals surface area contributed by atoms with Gasteiger partial charge in [0.15, 0.2) is 0 Å². The van der Waals surface area contributed by atoms with Gasteiger partial charge in [0, 0.05) is 0 Å². The molecular formula is C10H7Cl2NO2S. The first-order valence-electron chi connectivity index (χ1n) is 4.39. The van der Waals surface area contributed by atoms with Crippen molar-refractivity contribution in [1.29, 1.82) is 0 Å². The van der Waals surface area contributed by atoms with Crippen molar-refractivity contribution < 1.29 is 5.11 Å². The van der Waals surface area contributed by atoms with E-state index in [1.165, 1.54) is 9.95 Å². The molecule has 0 fully saturated rings. The van der Waals surface area contributed by atoms with Gasteiger partial charge >= 0.3 is 4.87 Å². The van der Waals surface area contributed by atoms with Crippen molar-refractivity contribution in [3.8, 4) is 5.88 Å². The van der Waals surface area contributed by atoms with Crippen molar-refractivity contribution in [1.82, 2.24) is 4.57 Å². The Kier molecular flexibility index (Phi) is 3.23. The normalized spacial score (nSPS) is 10.6. The maximum absolute atomic E-state index is 11.4. The Labute approximate surface area is 105 Å². The quantitative estimate of drug-likeness (QED) is 0.916. The molecule has 1 aromatic carbocycles. The Morgan fingerprint density at radius 1 is 1.31 bits per heavy atom. The summed E-state index contributed by atoms with van der Waals surface area (Å²) in [6.07, 6.45) is 0. The van der Waals surface area contributed by atoms with E-state index in [9.17, 15) is 9.90 Å². The minimum atomic E-state index is -0.205. The summed E-state index contributed by atoms with van der Waals surface area (Å²) in [5.74, 6) is -0.0407. The first-order chi connectivity index (χ1) is 7.58. The molecule has 2 rings (SSSR count). The lowest BCUT2D eigenvalue weighted by Gasteiger charge is -2.04. The Bertz CT molecular complexity index is 576. The summed E-state index contributed by atoms with van der Waals surface area (Å²) in [5.41, 5.74) is 0.810. The number of rotatable bonds is 2. The predicted octanol–water partition coefficient (Wildman–Crippen LogP) is 2.97. The van der Waals surface area contributed by atoms with Crippen molar-refractivity contribution in [3.63, 3.8) is 0 Å².